The third kappa shape index (κ3) is 4.90. The molecule has 0 radical (unpaired) electrons. The fourth-order valence-electron chi connectivity index (χ4n) is 4.19. The second-order valence-electron chi connectivity index (χ2n) is 8.45. The fraction of sp³-hybridized carbons (Fsp3) is 0.375. The second kappa shape index (κ2) is 9.70. The molecule has 1 fully saturated rings. The zero-order valence-corrected chi connectivity index (χ0v) is 19.3. The summed E-state index contributed by atoms with van der Waals surface area (Å²) in [7, 11) is 0. The monoisotopic (exact) mass is 468 g/mol. The highest BCUT2D eigenvalue weighted by atomic mass is 35.5. The van der Waals surface area contributed by atoms with E-state index in [0.717, 1.165) is 25.7 Å². The van der Waals surface area contributed by atoms with Crippen LogP contribution in [-0.2, 0) is 0 Å². The highest BCUT2D eigenvalue weighted by Crippen LogP contribution is 2.35. The van der Waals surface area contributed by atoms with Crippen molar-refractivity contribution >= 4 is 34.4 Å². The number of hydrogen-bond acceptors (Lipinski definition) is 6. The van der Waals surface area contributed by atoms with Gasteiger partial charge in [0.25, 0.3) is 5.56 Å². The van der Waals surface area contributed by atoms with Gasteiger partial charge in [0.05, 0.1) is 28.1 Å². The number of aromatic nitrogens is 2. The lowest BCUT2D eigenvalue weighted by molar-refractivity contribution is -0.386. The Hall–Kier alpha value is -3.26. The van der Waals surface area contributed by atoms with Gasteiger partial charge in [-0.05, 0) is 44.9 Å². The summed E-state index contributed by atoms with van der Waals surface area (Å²) in [5, 5.41) is 16.7. The van der Waals surface area contributed by atoms with Crippen molar-refractivity contribution in [2.75, 3.05) is 0 Å². The maximum absolute atomic E-state index is 13.4. The van der Waals surface area contributed by atoms with E-state index in [4.69, 9.17) is 21.3 Å². The molecule has 4 rings (SSSR count). The van der Waals surface area contributed by atoms with Gasteiger partial charge < -0.3 is 4.74 Å². The maximum Gasteiger partial charge on any atom is 0.313 e. The molecule has 3 aromatic rings. The first-order valence-electron chi connectivity index (χ1n) is 11.1. The largest absolute Gasteiger partial charge is 0.484 e. The normalized spacial score (nSPS) is 14.9. The molecule has 0 amide bonds. The van der Waals surface area contributed by atoms with Crippen molar-refractivity contribution in [3.63, 3.8) is 0 Å². The molecule has 1 aliphatic rings. The number of nitrogens with zero attached hydrogens (tertiary/aromatic N) is 4. The molecule has 0 bridgehead atoms. The van der Waals surface area contributed by atoms with Crippen LogP contribution in [0.5, 0.6) is 5.75 Å². The number of nitro groups is 1. The first kappa shape index (κ1) is 22.9. The topological polar surface area (TPSA) is 99.6 Å². The van der Waals surface area contributed by atoms with Gasteiger partial charge in [-0.15, -0.1) is 0 Å². The van der Waals surface area contributed by atoms with E-state index in [9.17, 15) is 14.9 Å². The predicted molar refractivity (Wildman–Crippen MR) is 129 cm³/mol. The number of benzene rings is 2. The Labute approximate surface area is 196 Å². The van der Waals surface area contributed by atoms with E-state index >= 15 is 0 Å². The van der Waals surface area contributed by atoms with Crippen LogP contribution in [0, 0.1) is 10.1 Å². The molecule has 33 heavy (non-hydrogen) atoms. The molecule has 0 aliphatic heterocycles. The quantitative estimate of drug-likeness (QED) is 0.263. The molecule has 1 saturated carbocycles. The number of halogens is 1. The average Bonchev–Trinajstić information content (AvgIpc) is 2.79. The van der Waals surface area contributed by atoms with E-state index in [1.165, 1.54) is 29.4 Å². The van der Waals surface area contributed by atoms with Crippen LogP contribution in [0.15, 0.2) is 46.3 Å². The molecule has 1 aliphatic carbocycles. The third-order valence-electron chi connectivity index (χ3n) is 5.67. The molecule has 1 heterocycles. The van der Waals surface area contributed by atoms with E-state index in [1.54, 1.807) is 26.0 Å². The van der Waals surface area contributed by atoms with Gasteiger partial charge in [-0.2, -0.15) is 9.78 Å². The Morgan fingerprint density at radius 2 is 1.97 bits per heavy atom. The van der Waals surface area contributed by atoms with Crippen molar-refractivity contribution < 1.29 is 9.66 Å². The smallest absolute Gasteiger partial charge is 0.313 e. The van der Waals surface area contributed by atoms with Crippen LogP contribution in [-0.4, -0.2) is 26.9 Å². The standard InChI is InChI=1S/C24H25ClN4O4/c1-15(2)33-22-17(12-18(25)13-21(22)29(31)32)14-26-28-23(16-8-4-3-5-9-16)27-20-11-7-6-10-19(20)24(28)30/h6-7,10-16H,3-5,8-9H2,1-2H3. The zero-order chi connectivity index (χ0) is 23.5. The summed E-state index contributed by atoms with van der Waals surface area (Å²) in [5.41, 5.74) is 0.420. The molecular formula is C24H25ClN4O4. The maximum atomic E-state index is 13.4. The van der Waals surface area contributed by atoms with Crippen molar-refractivity contribution in [3.05, 3.63) is 73.3 Å². The van der Waals surface area contributed by atoms with E-state index in [1.807, 2.05) is 12.1 Å². The Morgan fingerprint density at radius 3 is 2.67 bits per heavy atom. The van der Waals surface area contributed by atoms with Gasteiger partial charge in [0, 0.05) is 22.6 Å². The average molecular weight is 469 g/mol. The molecule has 8 nitrogen and oxygen atoms in total. The van der Waals surface area contributed by atoms with E-state index in [2.05, 4.69) is 5.10 Å². The van der Waals surface area contributed by atoms with Crippen molar-refractivity contribution in [2.45, 2.75) is 58.0 Å². The Balaban J connectivity index is 1.88. The Bertz CT molecular complexity index is 1280. The lowest BCUT2D eigenvalue weighted by Gasteiger charge is -2.22. The van der Waals surface area contributed by atoms with Crippen LogP contribution >= 0.6 is 11.6 Å². The summed E-state index contributed by atoms with van der Waals surface area (Å²) in [5.74, 6) is 0.787. The van der Waals surface area contributed by atoms with Crippen LogP contribution in [0.25, 0.3) is 10.9 Å². The summed E-state index contributed by atoms with van der Waals surface area (Å²) >= 11 is 6.14. The molecular weight excluding hydrogens is 444 g/mol. The van der Waals surface area contributed by atoms with Crippen molar-refractivity contribution in [3.8, 4) is 5.75 Å². The van der Waals surface area contributed by atoms with Gasteiger partial charge in [0.2, 0.25) is 5.75 Å². The van der Waals surface area contributed by atoms with E-state index < -0.39 is 4.92 Å². The van der Waals surface area contributed by atoms with Gasteiger partial charge >= 0.3 is 5.69 Å². The molecule has 2 aromatic carbocycles. The van der Waals surface area contributed by atoms with Crippen molar-refractivity contribution in [1.82, 2.24) is 9.66 Å². The van der Waals surface area contributed by atoms with Crippen LogP contribution in [0.2, 0.25) is 5.02 Å². The highest BCUT2D eigenvalue weighted by molar-refractivity contribution is 6.31. The van der Waals surface area contributed by atoms with Crippen LogP contribution in [0.1, 0.15) is 63.3 Å². The summed E-state index contributed by atoms with van der Waals surface area (Å²) in [4.78, 5) is 29.2. The molecule has 172 valence electrons. The van der Waals surface area contributed by atoms with Crippen molar-refractivity contribution in [1.29, 1.82) is 0 Å². The molecule has 0 spiro atoms. The van der Waals surface area contributed by atoms with Crippen molar-refractivity contribution in [2.24, 2.45) is 5.10 Å². The SMILES string of the molecule is CC(C)Oc1c(C=Nn2c(C3CCCCC3)nc3ccccc3c2=O)cc(Cl)cc1[N+](=O)[O-]. The molecule has 9 heteroatoms. The molecule has 0 unspecified atom stereocenters. The van der Waals surface area contributed by atoms with Gasteiger partial charge in [0.15, 0.2) is 0 Å². The fourth-order valence-corrected chi connectivity index (χ4v) is 4.41. The lowest BCUT2D eigenvalue weighted by Crippen LogP contribution is -2.25. The third-order valence-corrected chi connectivity index (χ3v) is 5.89. The van der Waals surface area contributed by atoms with Crippen LogP contribution < -0.4 is 10.3 Å². The summed E-state index contributed by atoms with van der Waals surface area (Å²) < 4.78 is 7.06. The van der Waals surface area contributed by atoms with Gasteiger partial charge in [-0.25, -0.2) is 4.98 Å². The van der Waals surface area contributed by atoms with Crippen LogP contribution in [0.3, 0.4) is 0 Å². The van der Waals surface area contributed by atoms with Gasteiger partial charge in [-0.1, -0.05) is 43.0 Å². The van der Waals surface area contributed by atoms with Gasteiger partial charge in [0.1, 0.15) is 5.82 Å². The second-order valence-corrected chi connectivity index (χ2v) is 8.89. The van der Waals surface area contributed by atoms with E-state index in [-0.39, 0.29) is 34.0 Å². The minimum Gasteiger partial charge on any atom is -0.484 e. The number of rotatable bonds is 6. The van der Waals surface area contributed by atoms with Gasteiger partial charge in [-0.3, -0.25) is 14.9 Å². The molecule has 0 atom stereocenters. The number of nitro benzene ring substituents is 1. The van der Waals surface area contributed by atoms with Crippen LogP contribution in [0.4, 0.5) is 5.69 Å². The summed E-state index contributed by atoms with van der Waals surface area (Å²) in [6, 6.07) is 9.97. The minimum atomic E-state index is -0.544. The molecule has 0 N–H and O–H groups in total. The molecule has 1 aromatic heterocycles. The zero-order valence-electron chi connectivity index (χ0n) is 18.5. The lowest BCUT2D eigenvalue weighted by atomic mass is 9.88. The van der Waals surface area contributed by atoms with E-state index in [0.29, 0.717) is 22.3 Å². The first-order valence-corrected chi connectivity index (χ1v) is 11.4. The Kier molecular flexibility index (Phi) is 6.74. The minimum absolute atomic E-state index is 0.0594. The summed E-state index contributed by atoms with van der Waals surface area (Å²) in [6.45, 7) is 3.55. The number of fused-ring (bicyclic) bond motifs is 1. The Morgan fingerprint density at radius 1 is 1.24 bits per heavy atom. The number of para-hydroxylation sites is 1. The molecule has 0 saturated heterocycles. The summed E-state index contributed by atoms with van der Waals surface area (Å²) in [6.07, 6.45) is 6.27. The number of ether oxygens (including phenoxy) is 1. The predicted octanol–water partition coefficient (Wildman–Crippen LogP) is 5.68. The number of hydrogen-bond donors (Lipinski definition) is 0. The highest BCUT2D eigenvalue weighted by Gasteiger charge is 2.24. The first-order chi connectivity index (χ1) is 15.8.